The van der Waals surface area contributed by atoms with Gasteiger partial charge < -0.3 is 9.80 Å². The van der Waals surface area contributed by atoms with E-state index in [9.17, 15) is 0 Å². The van der Waals surface area contributed by atoms with Gasteiger partial charge in [-0.3, -0.25) is 0 Å². The lowest BCUT2D eigenvalue weighted by Crippen LogP contribution is -2.52. The van der Waals surface area contributed by atoms with Crippen LogP contribution in [0.3, 0.4) is 0 Å². The van der Waals surface area contributed by atoms with Crippen molar-refractivity contribution in [2.24, 2.45) is 5.92 Å². The van der Waals surface area contributed by atoms with Crippen LogP contribution in [0.2, 0.25) is 0 Å². The van der Waals surface area contributed by atoms with Crippen molar-refractivity contribution in [3.63, 3.8) is 0 Å². The van der Waals surface area contributed by atoms with Crippen molar-refractivity contribution in [1.29, 1.82) is 0 Å². The molecule has 2 heterocycles. The Balaban J connectivity index is 1.93. The Morgan fingerprint density at radius 2 is 2.10 bits per heavy atom. The number of likely N-dealkylation sites (tertiary alicyclic amines) is 2. The summed E-state index contributed by atoms with van der Waals surface area (Å²) in [6.07, 6.45) is 0. The van der Waals surface area contributed by atoms with Crippen LogP contribution in [0.1, 0.15) is 6.92 Å². The van der Waals surface area contributed by atoms with Crippen LogP contribution in [-0.4, -0.2) is 49.1 Å². The second kappa shape index (κ2) is 2.21. The molecule has 2 rings (SSSR count). The predicted octanol–water partition coefficient (Wildman–Crippen LogP) is 0.252. The Morgan fingerprint density at radius 1 is 1.30 bits per heavy atom. The molecule has 2 atom stereocenters. The summed E-state index contributed by atoms with van der Waals surface area (Å²) in [4.78, 5) is 5.03. The molecule has 2 saturated heterocycles. The fraction of sp³-hybridized carbons (Fsp3) is 1.00. The Labute approximate surface area is 62.8 Å². The van der Waals surface area contributed by atoms with E-state index in [0.29, 0.717) is 0 Å². The van der Waals surface area contributed by atoms with Crippen molar-refractivity contribution >= 4 is 0 Å². The van der Waals surface area contributed by atoms with Crippen molar-refractivity contribution in [1.82, 2.24) is 9.80 Å². The zero-order valence-corrected chi connectivity index (χ0v) is 6.88. The summed E-state index contributed by atoms with van der Waals surface area (Å²) in [5, 5.41) is 0. The van der Waals surface area contributed by atoms with Gasteiger partial charge in [-0.2, -0.15) is 0 Å². The third kappa shape index (κ3) is 0.789. The highest BCUT2D eigenvalue weighted by Gasteiger charge is 2.42. The molecule has 2 heteroatoms. The molecule has 0 amide bonds. The van der Waals surface area contributed by atoms with Crippen LogP contribution in [0.15, 0.2) is 0 Å². The van der Waals surface area contributed by atoms with E-state index in [1.54, 1.807) is 0 Å². The molecule has 10 heavy (non-hydrogen) atoms. The van der Waals surface area contributed by atoms with Crippen molar-refractivity contribution in [3.05, 3.63) is 0 Å². The van der Waals surface area contributed by atoms with Gasteiger partial charge in [0.15, 0.2) is 0 Å². The highest BCUT2D eigenvalue weighted by Crippen LogP contribution is 2.29. The molecule has 0 radical (unpaired) electrons. The highest BCUT2D eigenvalue weighted by molar-refractivity contribution is 4.98. The van der Waals surface area contributed by atoms with Crippen molar-refractivity contribution in [2.45, 2.75) is 13.0 Å². The third-order valence-corrected chi connectivity index (χ3v) is 3.02. The van der Waals surface area contributed by atoms with Crippen molar-refractivity contribution in [2.75, 3.05) is 33.2 Å². The first-order valence-corrected chi connectivity index (χ1v) is 4.24. The molecule has 2 aliphatic rings. The smallest absolute Gasteiger partial charge is 0.0272 e. The number of hydrogen-bond donors (Lipinski definition) is 0. The Kier molecular flexibility index (Phi) is 1.46. The van der Waals surface area contributed by atoms with E-state index in [2.05, 4.69) is 23.8 Å². The fourth-order valence-electron chi connectivity index (χ4n) is 2.25. The van der Waals surface area contributed by atoms with Gasteiger partial charge in [0.05, 0.1) is 0 Å². The van der Waals surface area contributed by atoms with Crippen LogP contribution in [0.25, 0.3) is 0 Å². The number of likely N-dealkylation sites (N-methyl/N-ethyl adjacent to an activating group) is 2. The minimum atomic E-state index is 0.903. The van der Waals surface area contributed by atoms with Crippen molar-refractivity contribution < 1.29 is 0 Å². The molecular formula is C8H16N2. The monoisotopic (exact) mass is 140 g/mol. The van der Waals surface area contributed by atoms with Crippen LogP contribution in [0.4, 0.5) is 0 Å². The Bertz CT molecular complexity index is 135. The lowest BCUT2D eigenvalue weighted by atomic mass is 9.93. The quantitative estimate of drug-likeness (QED) is 0.515. The summed E-state index contributed by atoms with van der Waals surface area (Å²) >= 11 is 0. The van der Waals surface area contributed by atoms with Crippen LogP contribution in [0.5, 0.6) is 0 Å². The van der Waals surface area contributed by atoms with Gasteiger partial charge in [-0.05, 0) is 13.6 Å². The Morgan fingerprint density at radius 3 is 2.60 bits per heavy atom. The van der Waals surface area contributed by atoms with Crippen LogP contribution in [-0.2, 0) is 0 Å². The first-order valence-electron chi connectivity index (χ1n) is 4.24. The molecule has 2 unspecified atom stereocenters. The summed E-state index contributed by atoms with van der Waals surface area (Å²) in [6.45, 7) is 7.50. The van der Waals surface area contributed by atoms with Crippen LogP contribution < -0.4 is 0 Å². The average Bonchev–Trinajstić information content (AvgIpc) is 2.26. The largest absolute Gasteiger partial charge is 0.302 e. The lowest BCUT2D eigenvalue weighted by Gasteiger charge is -2.40. The molecule has 0 aromatic carbocycles. The van der Waals surface area contributed by atoms with Gasteiger partial charge in [0.1, 0.15) is 0 Å². The minimum Gasteiger partial charge on any atom is -0.302 e. The number of hydrogen-bond acceptors (Lipinski definition) is 2. The van der Waals surface area contributed by atoms with Gasteiger partial charge in [-0.25, -0.2) is 0 Å². The number of nitrogens with zero attached hydrogens (tertiary/aromatic N) is 2. The molecule has 0 spiro atoms. The average molecular weight is 140 g/mol. The standard InChI is InChI=1S/C8H16N2/c1-3-10-5-7-4-9(2)8(7)6-10/h7-8H,3-6H2,1-2H3. The molecule has 0 bridgehead atoms. The molecule has 58 valence electrons. The van der Waals surface area contributed by atoms with E-state index in [0.717, 1.165) is 12.0 Å². The van der Waals surface area contributed by atoms with Gasteiger partial charge in [-0.15, -0.1) is 0 Å². The molecule has 0 aliphatic carbocycles. The summed E-state index contributed by atoms with van der Waals surface area (Å²) in [7, 11) is 2.24. The zero-order valence-electron chi connectivity index (χ0n) is 6.88. The first kappa shape index (κ1) is 6.62. The van der Waals surface area contributed by atoms with Crippen molar-refractivity contribution in [3.8, 4) is 0 Å². The van der Waals surface area contributed by atoms with E-state index >= 15 is 0 Å². The predicted molar refractivity (Wildman–Crippen MR) is 42.0 cm³/mol. The van der Waals surface area contributed by atoms with E-state index in [1.165, 1.54) is 26.2 Å². The van der Waals surface area contributed by atoms with E-state index in [-0.39, 0.29) is 0 Å². The molecule has 2 nitrogen and oxygen atoms in total. The van der Waals surface area contributed by atoms with E-state index in [4.69, 9.17) is 0 Å². The molecule has 0 saturated carbocycles. The van der Waals surface area contributed by atoms with Gasteiger partial charge in [-0.1, -0.05) is 6.92 Å². The van der Waals surface area contributed by atoms with Gasteiger partial charge in [0.25, 0.3) is 0 Å². The van der Waals surface area contributed by atoms with Gasteiger partial charge >= 0.3 is 0 Å². The second-order valence-electron chi connectivity index (χ2n) is 3.62. The summed E-state index contributed by atoms with van der Waals surface area (Å²) in [5.74, 6) is 1.00. The van der Waals surface area contributed by atoms with E-state index < -0.39 is 0 Å². The number of rotatable bonds is 1. The second-order valence-corrected chi connectivity index (χ2v) is 3.62. The topological polar surface area (TPSA) is 6.48 Å². The first-order chi connectivity index (χ1) is 4.81. The highest BCUT2D eigenvalue weighted by atomic mass is 15.3. The summed E-state index contributed by atoms with van der Waals surface area (Å²) in [6, 6.07) is 0.903. The maximum Gasteiger partial charge on any atom is 0.0272 e. The SMILES string of the molecule is CCN1CC2CN(C)C2C1. The third-order valence-electron chi connectivity index (χ3n) is 3.02. The molecule has 2 aliphatic heterocycles. The molecule has 2 fully saturated rings. The minimum absolute atomic E-state index is 0.903. The molecule has 0 N–H and O–H groups in total. The Hall–Kier alpha value is -0.0800. The normalized spacial score (nSPS) is 41.4. The zero-order chi connectivity index (χ0) is 7.14. The molecular weight excluding hydrogens is 124 g/mol. The van der Waals surface area contributed by atoms with Gasteiger partial charge in [0, 0.05) is 31.6 Å². The maximum atomic E-state index is 2.55. The van der Waals surface area contributed by atoms with E-state index in [1.807, 2.05) is 0 Å². The molecule has 0 aromatic heterocycles. The maximum absolute atomic E-state index is 2.55. The van der Waals surface area contributed by atoms with Crippen LogP contribution >= 0.6 is 0 Å². The lowest BCUT2D eigenvalue weighted by molar-refractivity contribution is 0.0825. The van der Waals surface area contributed by atoms with Crippen LogP contribution in [0, 0.1) is 5.92 Å². The summed E-state index contributed by atoms with van der Waals surface area (Å²) in [5.41, 5.74) is 0. The van der Waals surface area contributed by atoms with Gasteiger partial charge in [0.2, 0.25) is 0 Å². The fourth-order valence-corrected chi connectivity index (χ4v) is 2.25. The summed E-state index contributed by atoms with van der Waals surface area (Å²) < 4.78 is 0. The molecule has 0 aromatic rings. The number of fused-ring (bicyclic) bond motifs is 1.